The molecule has 0 atom stereocenters. The third-order valence-electron chi connectivity index (χ3n) is 5.07. The van der Waals surface area contributed by atoms with E-state index < -0.39 is 5.97 Å². The van der Waals surface area contributed by atoms with Crippen LogP contribution in [0.25, 0.3) is 0 Å². The van der Waals surface area contributed by atoms with Crippen LogP contribution in [0.2, 0.25) is 0 Å². The molecule has 33 heavy (non-hydrogen) atoms. The van der Waals surface area contributed by atoms with Crippen LogP contribution in [0.1, 0.15) is 71.1 Å². The Morgan fingerprint density at radius 1 is 0.606 bits per heavy atom. The lowest BCUT2D eigenvalue weighted by Gasteiger charge is -2.09. The minimum Gasteiger partial charge on any atom is -0.491 e. The van der Waals surface area contributed by atoms with Gasteiger partial charge in [-0.25, -0.2) is 4.79 Å². The molecule has 1 aromatic carbocycles. The Balaban J connectivity index is 1.77. The number of carboxylic acid groups (broad SMARTS) is 1. The molecule has 0 fully saturated rings. The molecule has 1 N–H and O–H groups in total. The van der Waals surface area contributed by atoms with E-state index in [9.17, 15) is 4.79 Å². The summed E-state index contributed by atoms with van der Waals surface area (Å²) in [7, 11) is 0. The van der Waals surface area contributed by atoms with Crippen molar-refractivity contribution in [3.8, 4) is 11.5 Å². The maximum Gasteiger partial charge on any atom is 0.341 e. The first-order valence-electron chi connectivity index (χ1n) is 12.5. The van der Waals surface area contributed by atoms with E-state index in [-0.39, 0.29) is 6.61 Å². The lowest BCUT2D eigenvalue weighted by atomic mass is 10.1. The summed E-state index contributed by atoms with van der Waals surface area (Å²) < 4.78 is 27.2. The monoisotopic (exact) mass is 468 g/mol. The largest absolute Gasteiger partial charge is 0.491 e. The van der Waals surface area contributed by atoms with Crippen molar-refractivity contribution in [2.75, 3.05) is 52.9 Å². The molecular formula is C26H44O7. The van der Waals surface area contributed by atoms with Crippen LogP contribution in [0.15, 0.2) is 24.3 Å². The molecule has 0 saturated heterocycles. The van der Waals surface area contributed by atoms with E-state index in [1.807, 2.05) is 0 Å². The number of unbranched alkanes of at least 4 members (excludes halogenated alkanes) is 9. The molecule has 1 aromatic rings. The van der Waals surface area contributed by atoms with E-state index in [1.54, 1.807) is 24.3 Å². The highest BCUT2D eigenvalue weighted by molar-refractivity contribution is 5.68. The standard InChI is InChI=1S/C26H44O7/c1-2-3-4-5-6-7-8-9-10-11-16-29-17-18-30-19-20-31-21-22-32-24-12-14-25(15-13-24)33-23-26(27)28/h12-15H,2-11,16-23H2,1H3,(H,27,28). The number of aliphatic carboxylic acids is 1. The number of hydrogen-bond donors (Lipinski definition) is 1. The molecule has 0 aromatic heterocycles. The molecular weight excluding hydrogens is 424 g/mol. The first-order valence-corrected chi connectivity index (χ1v) is 12.5. The Bertz CT molecular complexity index is 562. The van der Waals surface area contributed by atoms with Crippen LogP contribution in [0.5, 0.6) is 11.5 Å². The van der Waals surface area contributed by atoms with Crippen LogP contribution in [0, 0.1) is 0 Å². The van der Waals surface area contributed by atoms with Gasteiger partial charge in [0, 0.05) is 6.61 Å². The summed E-state index contributed by atoms with van der Waals surface area (Å²) >= 11 is 0. The SMILES string of the molecule is CCCCCCCCCCCCOCCOCCOCCOc1ccc(OCC(=O)O)cc1. The highest BCUT2D eigenvalue weighted by Crippen LogP contribution is 2.17. The van der Waals surface area contributed by atoms with Crippen molar-refractivity contribution in [1.29, 1.82) is 0 Å². The van der Waals surface area contributed by atoms with Crippen LogP contribution >= 0.6 is 0 Å². The maximum atomic E-state index is 10.5. The predicted molar refractivity (Wildman–Crippen MR) is 129 cm³/mol. The second-order valence-electron chi connectivity index (χ2n) is 8.02. The summed E-state index contributed by atoms with van der Waals surface area (Å²) in [5, 5.41) is 8.58. The second-order valence-corrected chi connectivity index (χ2v) is 8.02. The molecule has 0 amide bonds. The van der Waals surface area contributed by atoms with Crippen molar-refractivity contribution in [1.82, 2.24) is 0 Å². The molecule has 0 saturated carbocycles. The molecule has 1 rings (SSSR count). The van der Waals surface area contributed by atoms with Crippen molar-refractivity contribution in [2.24, 2.45) is 0 Å². The quantitative estimate of drug-likeness (QED) is 0.201. The molecule has 0 aliphatic carbocycles. The van der Waals surface area contributed by atoms with Crippen LogP contribution in [0.4, 0.5) is 0 Å². The third-order valence-corrected chi connectivity index (χ3v) is 5.07. The van der Waals surface area contributed by atoms with Gasteiger partial charge in [-0.05, 0) is 30.7 Å². The molecule has 0 radical (unpaired) electrons. The fourth-order valence-electron chi connectivity index (χ4n) is 3.23. The zero-order chi connectivity index (χ0) is 23.8. The van der Waals surface area contributed by atoms with Gasteiger partial charge in [0.25, 0.3) is 0 Å². The summed E-state index contributed by atoms with van der Waals surface area (Å²) in [4.78, 5) is 10.5. The Kier molecular flexibility index (Phi) is 19.5. The van der Waals surface area contributed by atoms with Crippen molar-refractivity contribution >= 4 is 5.97 Å². The number of carbonyl (C=O) groups is 1. The van der Waals surface area contributed by atoms with Crippen LogP contribution in [-0.2, 0) is 19.0 Å². The maximum absolute atomic E-state index is 10.5. The van der Waals surface area contributed by atoms with E-state index in [0.717, 1.165) is 13.0 Å². The number of ether oxygens (including phenoxy) is 5. The van der Waals surface area contributed by atoms with Crippen LogP contribution in [-0.4, -0.2) is 63.9 Å². The molecule has 0 heterocycles. The van der Waals surface area contributed by atoms with E-state index >= 15 is 0 Å². The molecule has 0 unspecified atom stereocenters. The van der Waals surface area contributed by atoms with Gasteiger partial charge in [0.05, 0.1) is 33.0 Å². The number of rotatable bonds is 24. The Morgan fingerprint density at radius 2 is 1.03 bits per heavy atom. The van der Waals surface area contributed by atoms with Gasteiger partial charge in [-0.3, -0.25) is 0 Å². The molecule has 190 valence electrons. The van der Waals surface area contributed by atoms with E-state index in [1.165, 1.54) is 57.8 Å². The summed E-state index contributed by atoms with van der Waals surface area (Å²) in [6.45, 7) is 5.90. The van der Waals surface area contributed by atoms with Gasteiger partial charge < -0.3 is 28.8 Å². The Labute approximate surface area is 199 Å². The molecule has 0 aliphatic rings. The lowest BCUT2D eigenvalue weighted by Crippen LogP contribution is -2.13. The topological polar surface area (TPSA) is 83.5 Å². The van der Waals surface area contributed by atoms with Gasteiger partial charge in [0.2, 0.25) is 0 Å². The zero-order valence-electron chi connectivity index (χ0n) is 20.4. The summed E-state index contributed by atoms with van der Waals surface area (Å²) in [5.74, 6) is 0.163. The molecule has 0 aliphatic heterocycles. The van der Waals surface area contributed by atoms with Crippen LogP contribution in [0.3, 0.4) is 0 Å². The first kappa shape index (κ1) is 29.2. The zero-order valence-corrected chi connectivity index (χ0v) is 20.4. The molecule has 0 bridgehead atoms. The number of hydrogen-bond acceptors (Lipinski definition) is 6. The minimum atomic E-state index is -1.01. The van der Waals surface area contributed by atoms with Crippen LogP contribution < -0.4 is 9.47 Å². The number of benzene rings is 1. The summed E-state index contributed by atoms with van der Waals surface area (Å²) in [6.07, 6.45) is 13.4. The second kappa shape index (κ2) is 22.0. The van der Waals surface area contributed by atoms with Crippen molar-refractivity contribution in [3.05, 3.63) is 24.3 Å². The molecule has 7 nitrogen and oxygen atoms in total. The average molecular weight is 469 g/mol. The highest BCUT2D eigenvalue weighted by Gasteiger charge is 2.00. The van der Waals surface area contributed by atoms with Gasteiger partial charge >= 0.3 is 5.97 Å². The normalized spacial score (nSPS) is 10.9. The highest BCUT2D eigenvalue weighted by atomic mass is 16.6. The summed E-state index contributed by atoms with van der Waals surface area (Å²) in [6, 6.07) is 6.81. The third kappa shape index (κ3) is 19.4. The smallest absolute Gasteiger partial charge is 0.341 e. The molecule has 0 spiro atoms. The van der Waals surface area contributed by atoms with E-state index in [4.69, 9.17) is 28.8 Å². The fraction of sp³-hybridized carbons (Fsp3) is 0.731. The van der Waals surface area contributed by atoms with Crippen molar-refractivity contribution < 1.29 is 33.6 Å². The Hall–Kier alpha value is -1.83. The van der Waals surface area contributed by atoms with Gasteiger partial charge in [-0.1, -0.05) is 64.7 Å². The fourth-order valence-corrected chi connectivity index (χ4v) is 3.23. The average Bonchev–Trinajstić information content (AvgIpc) is 2.82. The lowest BCUT2D eigenvalue weighted by molar-refractivity contribution is -0.139. The summed E-state index contributed by atoms with van der Waals surface area (Å²) in [5.41, 5.74) is 0. The first-order chi connectivity index (χ1) is 16.2. The van der Waals surface area contributed by atoms with Crippen molar-refractivity contribution in [2.45, 2.75) is 71.1 Å². The van der Waals surface area contributed by atoms with E-state index in [0.29, 0.717) is 51.1 Å². The molecule has 7 heteroatoms. The van der Waals surface area contributed by atoms with Gasteiger partial charge in [-0.15, -0.1) is 0 Å². The Morgan fingerprint density at radius 3 is 1.55 bits per heavy atom. The minimum absolute atomic E-state index is 0.360. The van der Waals surface area contributed by atoms with Gasteiger partial charge in [0.1, 0.15) is 18.1 Å². The van der Waals surface area contributed by atoms with Gasteiger partial charge in [-0.2, -0.15) is 0 Å². The van der Waals surface area contributed by atoms with Crippen molar-refractivity contribution in [3.63, 3.8) is 0 Å². The number of carboxylic acids is 1. The van der Waals surface area contributed by atoms with E-state index in [2.05, 4.69) is 6.92 Å². The van der Waals surface area contributed by atoms with Gasteiger partial charge in [0.15, 0.2) is 6.61 Å². The predicted octanol–water partition coefficient (Wildman–Crippen LogP) is 5.50.